The van der Waals surface area contributed by atoms with Crippen molar-refractivity contribution in [2.45, 2.75) is 44.1 Å². The molecule has 0 radical (unpaired) electrons. The van der Waals surface area contributed by atoms with Crippen LogP contribution >= 0.6 is 0 Å². The van der Waals surface area contributed by atoms with Crippen LogP contribution in [-0.4, -0.2) is 35.6 Å². The quantitative estimate of drug-likeness (QED) is 0.928. The molecule has 1 fully saturated rings. The van der Waals surface area contributed by atoms with Crippen molar-refractivity contribution >= 4 is 5.91 Å². The second kappa shape index (κ2) is 5.33. The van der Waals surface area contributed by atoms with E-state index in [1.54, 1.807) is 0 Å². The van der Waals surface area contributed by atoms with Crippen molar-refractivity contribution in [2.24, 2.45) is 0 Å². The molecule has 1 saturated carbocycles. The van der Waals surface area contributed by atoms with E-state index >= 15 is 0 Å². The van der Waals surface area contributed by atoms with Gasteiger partial charge in [0, 0.05) is 12.6 Å². The van der Waals surface area contributed by atoms with Gasteiger partial charge in [0.15, 0.2) is 0 Å². The van der Waals surface area contributed by atoms with Crippen LogP contribution in [0.15, 0.2) is 24.3 Å². The molecule has 2 aliphatic rings. The van der Waals surface area contributed by atoms with Crippen LogP contribution in [0.3, 0.4) is 0 Å². The number of nitrogens with zero attached hydrogens (tertiary/aromatic N) is 1. The van der Waals surface area contributed by atoms with Gasteiger partial charge >= 0.3 is 6.18 Å². The van der Waals surface area contributed by atoms with E-state index in [0.717, 1.165) is 16.0 Å². The molecule has 1 amide bonds. The molecule has 0 bridgehead atoms. The Kier molecular flexibility index (Phi) is 3.65. The third kappa shape index (κ3) is 3.37. The monoisotopic (exact) mass is 298 g/mol. The lowest BCUT2D eigenvalue weighted by Crippen LogP contribution is -2.52. The molecule has 1 N–H and O–H groups in total. The van der Waals surface area contributed by atoms with Gasteiger partial charge in [-0.2, -0.15) is 13.2 Å². The van der Waals surface area contributed by atoms with Crippen molar-refractivity contribution < 1.29 is 18.0 Å². The summed E-state index contributed by atoms with van der Waals surface area (Å²) < 4.78 is 37.9. The van der Waals surface area contributed by atoms with Gasteiger partial charge in [-0.15, -0.1) is 0 Å². The molecule has 114 valence electrons. The molecule has 1 aromatic carbocycles. The van der Waals surface area contributed by atoms with Crippen molar-refractivity contribution in [3.63, 3.8) is 0 Å². The van der Waals surface area contributed by atoms with Gasteiger partial charge in [-0.3, -0.25) is 4.79 Å². The van der Waals surface area contributed by atoms with Gasteiger partial charge in [-0.1, -0.05) is 24.3 Å². The summed E-state index contributed by atoms with van der Waals surface area (Å²) in [4.78, 5) is 13.4. The number of fused-ring (bicyclic) bond motifs is 1. The van der Waals surface area contributed by atoms with Crippen molar-refractivity contribution in [3.05, 3.63) is 35.4 Å². The predicted molar refractivity (Wildman–Crippen MR) is 71.6 cm³/mol. The van der Waals surface area contributed by atoms with Crippen molar-refractivity contribution in [2.75, 3.05) is 6.54 Å². The molecule has 1 aliphatic heterocycles. The first kappa shape index (κ1) is 14.4. The highest BCUT2D eigenvalue weighted by molar-refractivity contribution is 5.83. The molecule has 0 unspecified atom stereocenters. The van der Waals surface area contributed by atoms with Crippen molar-refractivity contribution in [3.8, 4) is 0 Å². The van der Waals surface area contributed by atoms with Crippen LogP contribution < -0.4 is 5.32 Å². The van der Waals surface area contributed by atoms with Gasteiger partial charge in [0.1, 0.15) is 6.54 Å². The van der Waals surface area contributed by atoms with Crippen LogP contribution in [-0.2, 0) is 17.8 Å². The average Bonchev–Trinajstić information content (AvgIpc) is 3.27. The Labute approximate surface area is 121 Å². The summed E-state index contributed by atoms with van der Waals surface area (Å²) in [5.74, 6) is -0.427. The zero-order valence-electron chi connectivity index (χ0n) is 11.5. The van der Waals surface area contributed by atoms with E-state index in [0.29, 0.717) is 25.8 Å². The Hall–Kier alpha value is -1.56. The van der Waals surface area contributed by atoms with E-state index < -0.39 is 24.7 Å². The van der Waals surface area contributed by atoms with Crippen LogP contribution in [0.2, 0.25) is 0 Å². The Bertz CT molecular complexity index is 540. The fourth-order valence-corrected chi connectivity index (χ4v) is 2.80. The fourth-order valence-electron chi connectivity index (χ4n) is 2.80. The molecule has 0 aromatic heterocycles. The molecule has 21 heavy (non-hydrogen) atoms. The van der Waals surface area contributed by atoms with E-state index in [1.807, 2.05) is 24.3 Å². The highest BCUT2D eigenvalue weighted by Gasteiger charge is 2.42. The Morgan fingerprint density at radius 1 is 1.24 bits per heavy atom. The molecular formula is C15H17F3N2O. The summed E-state index contributed by atoms with van der Waals surface area (Å²) in [6, 6.07) is 6.92. The molecule has 3 nitrogen and oxygen atoms in total. The maximum Gasteiger partial charge on any atom is 0.406 e. The third-order valence-corrected chi connectivity index (χ3v) is 4.00. The standard InChI is InChI=1S/C15H17F3N2O/c16-15(17,18)9-20(12-5-6-12)14(21)13-7-10-3-1-2-4-11(10)8-19-13/h1-4,12-13,19H,5-9H2/t13-/m1/s1. The van der Waals surface area contributed by atoms with E-state index in [-0.39, 0.29) is 6.04 Å². The highest BCUT2D eigenvalue weighted by atomic mass is 19.4. The van der Waals surface area contributed by atoms with E-state index in [4.69, 9.17) is 0 Å². The summed E-state index contributed by atoms with van der Waals surface area (Å²) >= 11 is 0. The minimum atomic E-state index is -4.34. The fraction of sp³-hybridized carbons (Fsp3) is 0.533. The first-order valence-electron chi connectivity index (χ1n) is 7.11. The first-order valence-corrected chi connectivity index (χ1v) is 7.11. The molecule has 1 aromatic rings. The zero-order valence-corrected chi connectivity index (χ0v) is 11.5. The summed E-state index contributed by atoms with van der Waals surface area (Å²) in [6.45, 7) is -0.618. The molecule has 0 spiro atoms. The second-order valence-corrected chi connectivity index (χ2v) is 5.72. The number of carbonyl (C=O) groups excluding carboxylic acids is 1. The number of alkyl halides is 3. The maximum absolute atomic E-state index is 12.6. The number of benzene rings is 1. The van der Waals surface area contributed by atoms with Crippen LogP contribution in [0.5, 0.6) is 0 Å². The van der Waals surface area contributed by atoms with Crippen LogP contribution in [0.1, 0.15) is 24.0 Å². The molecule has 1 heterocycles. The van der Waals surface area contributed by atoms with E-state index in [2.05, 4.69) is 5.32 Å². The van der Waals surface area contributed by atoms with Gasteiger partial charge < -0.3 is 10.2 Å². The van der Waals surface area contributed by atoms with Crippen molar-refractivity contribution in [1.29, 1.82) is 0 Å². The smallest absolute Gasteiger partial charge is 0.329 e. The SMILES string of the molecule is O=C([C@H]1Cc2ccccc2CN1)N(CC(F)(F)F)C1CC1. The molecule has 1 aliphatic carbocycles. The Morgan fingerprint density at radius 2 is 1.90 bits per heavy atom. The van der Waals surface area contributed by atoms with Gasteiger partial charge in [-0.25, -0.2) is 0 Å². The lowest BCUT2D eigenvalue weighted by Gasteiger charge is -2.31. The number of halogens is 3. The number of carbonyl (C=O) groups is 1. The summed E-state index contributed by atoms with van der Waals surface area (Å²) in [5, 5.41) is 3.07. The largest absolute Gasteiger partial charge is 0.406 e. The summed E-state index contributed by atoms with van der Waals surface area (Å²) in [7, 11) is 0. The second-order valence-electron chi connectivity index (χ2n) is 5.72. The van der Waals surface area contributed by atoms with Crippen LogP contribution in [0, 0.1) is 0 Å². The zero-order chi connectivity index (χ0) is 15.0. The number of nitrogens with one attached hydrogen (secondary N) is 1. The minimum Gasteiger partial charge on any atom is -0.329 e. The lowest BCUT2D eigenvalue weighted by atomic mass is 9.95. The minimum absolute atomic E-state index is 0.238. The van der Waals surface area contributed by atoms with Gasteiger partial charge in [0.05, 0.1) is 6.04 Å². The number of hydrogen-bond acceptors (Lipinski definition) is 2. The highest BCUT2D eigenvalue weighted by Crippen LogP contribution is 2.31. The van der Waals surface area contributed by atoms with Gasteiger partial charge in [0.25, 0.3) is 0 Å². The van der Waals surface area contributed by atoms with Crippen LogP contribution in [0.25, 0.3) is 0 Å². The lowest BCUT2D eigenvalue weighted by molar-refractivity contribution is -0.163. The molecule has 6 heteroatoms. The molecule has 0 saturated heterocycles. The molecular weight excluding hydrogens is 281 g/mol. The summed E-state index contributed by atoms with van der Waals surface area (Å²) in [6.07, 6.45) is -2.54. The number of rotatable bonds is 3. The Morgan fingerprint density at radius 3 is 2.52 bits per heavy atom. The van der Waals surface area contributed by atoms with Crippen molar-refractivity contribution in [1.82, 2.24) is 10.2 Å². The maximum atomic E-state index is 12.6. The van der Waals surface area contributed by atoms with Crippen LogP contribution in [0.4, 0.5) is 13.2 Å². The van der Waals surface area contributed by atoms with E-state index in [9.17, 15) is 18.0 Å². The molecule has 3 rings (SSSR count). The number of amides is 1. The van der Waals surface area contributed by atoms with E-state index in [1.165, 1.54) is 0 Å². The summed E-state index contributed by atoms with van der Waals surface area (Å²) in [5.41, 5.74) is 2.15. The Balaban J connectivity index is 1.72. The first-order chi connectivity index (χ1) is 9.94. The average molecular weight is 298 g/mol. The van der Waals surface area contributed by atoms with Gasteiger partial charge in [-0.05, 0) is 30.4 Å². The molecule has 1 atom stereocenters. The van der Waals surface area contributed by atoms with Gasteiger partial charge in [0.2, 0.25) is 5.91 Å². The number of hydrogen-bond donors (Lipinski definition) is 1. The third-order valence-electron chi connectivity index (χ3n) is 4.00. The topological polar surface area (TPSA) is 32.3 Å². The normalized spacial score (nSPS) is 21.8. The predicted octanol–water partition coefficient (Wildman–Crippen LogP) is 2.25.